The van der Waals surface area contributed by atoms with Gasteiger partial charge in [0.1, 0.15) is 5.25 Å². The number of aryl methyl sites for hydroxylation is 1. The average molecular weight is 330 g/mol. The molecule has 21 heavy (non-hydrogen) atoms. The molecule has 0 bridgehead atoms. The highest BCUT2D eigenvalue weighted by Crippen LogP contribution is 2.18. The van der Waals surface area contributed by atoms with Crippen LogP contribution >= 0.6 is 11.3 Å². The molecule has 0 aliphatic carbocycles. The van der Waals surface area contributed by atoms with Crippen LogP contribution in [0.25, 0.3) is 0 Å². The van der Waals surface area contributed by atoms with E-state index in [4.69, 9.17) is 0 Å². The minimum Gasteiger partial charge on any atom is -0.342 e. The minimum absolute atomic E-state index is 0.149. The Balaban J connectivity index is 2.05. The van der Waals surface area contributed by atoms with Crippen LogP contribution < -0.4 is 0 Å². The van der Waals surface area contributed by atoms with Gasteiger partial charge in [0.25, 0.3) is 0 Å². The number of hydrogen-bond acceptors (Lipinski definition) is 5. The topological polar surface area (TPSA) is 67.3 Å². The van der Waals surface area contributed by atoms with Crippen molar-refractivity contribution in [3.63, 3.8) is 0 Å². The molecule has 1 aliphatic rings. The van der Waals surface area contributed by atoms with Crippen LogP contribution in [0, 0.1) is 0 Å². The van der Waals surface area contributed by atoms with Crippen molar-refractivity contribution in [1.29, 1.82) is 0 Å². The van der Waals surface area contributed by atoms with Gasteiger partial charge in [-0.3, -0.25) is 4.79 Å². The molecular weight excluding hydrogens is 308 g/mol. The van der Waals surface area contributed by atoms with Crippen molar-refractivity contribution in [2.75, 3.05) is 13.1 Å². The second kappa shape index (κ2) is 6.87. The molecule has 5 nitrogen and oxygen atoms in total. The molecule has 118 valence electrons. The van der Waals surface area contributed by atoms with Crippen LogP contribution in [0.3, 0.4) is 0 Å². The first-order valence-electron chi connectivity index (χ1n) is 7.37. The molecule has 2 rings (SSSR count). The number of piperidine rings is 1. The van der Waals surface area contributed by atoms with Crippen molar-refractivity contribution >= 4 is 27.1 Å². The molecule has 0 saturated carbocycles. The van der Waals surface area contributed by atoms with Crippen LogP contribution in [0.5, 0.6) is 0 Å². The maximum Gasteiger partial charge on any atom is 0.240 e. The Hall–Kier alpha value is -0.950. The third kappa shape index (κ3) is 4.03. The molecule has 2 heterocycles. The van der Waals surface area contributed by atoms with Crippen LogP contribution in [0.4, 0.5) is 0 Å². The Bertz CT molecular complexity index is 589. The lowest BCUT2D eigenvalue weighted by molar-refractivity contribution is -0.131. The molecule has 1 aromatic heterocycles. The van der Waals surface area contributed by atoms with Crippen LogP contribution in [0.15, 0.2) is 5.38 Å². The normalized spacial score (nSPS) is 17.7. The molecule has 1 amide bonds. The number of sulfone groups is 1. The zero-order valence-corrected chi connectivity index (χ0v) is 14.2. The van der Waals surface area contributed by atoms with Crippen molar-refractivity contribution in [3.8, 4) is 0 Å². The Morgan fingerprint density at radius 2 is 2.05 bits per heavy atom. The Kier molecular flexibility index (Phi) is 5.37. The Morgan fingerprint density at radius 3 is 2.62 bits per heavy atom. The summed E-state index contributed by atoms with van der Waals surface area (Å²) in [5.74, 6) is -0.412. The van der Waals surface area contributed by atoms with Crippen molar-refractivity contribution in [1.82, 2.24) is 9.88 Å². The number of amides is 1. The highest BCUT2D eigenvalue weighted by atomic mass is 32.2. The summed E-state index contributed by atoms with van der Waals surface area (Å²) < 4.78 is 24.8. The van der Waals surface area contributed by atoms with E-state index in [1.807, 2.05) is 6.92 Å². The van der Waals surface area contributed by atoms with E-state index in [9.17, 15) is 13.2 Å². The quantitative estimate of drug-likeness (QED) is 0.828. The van der Waals surface area contributed by atoms with E-state index in [2.05, 4.69) is 4.98 Å². The van der Waals surface area contributed by atoms with E-state index in [0.29, 0.717) is 18.8 Å². The van der Waals surface area contributed by atoms with Gasteiger partial charge in [-0.25, -0.2) is 13.4 Å². The minimum atomic E-state index is -3.50. The van der Waals surface area contributed by atoms with E-state index in [0.717, 1.165) is 30.7 Å². The zero-order valence-electron chi connectivity index (χ0n) is 12.5. The summed E-state index contributed by atoms with van der Waals surface area (Å²) in [6.07, 6.45) is 3.84. The van der Waals surface area contributed by atoms with Crippen LogP contribution in [-0.4, -0.2) is 42.5 Å². The van der Waals surface area contributed by atoms with Gasteiger partial charge in [0.2, 0.25) is 5.91 Å². The monoisotopic (exact) mass is 330 g/mol. The molecule has 7 heteroatoms. The highest BCUT2D eigenvalue weighted by molar-refractivity contribution is 7.92. The van der Waals surface area contributed by atoms with Gasteiger partial charge in [-0.1, -0.05) is 6.92 Å². The predicted octanol–water partition coefficient (Wildman–Crippen LogP) is 2.02. The van der Waals surface area contributed by atoms with Gasteiger partial charge in [0.15, 0.2) is 9.84 Å². The van der Waals surface area contributed by atoms with Crippen molar-refractivity contribution in [2.24, 2.45) is 0 Å². The number of carbonyl (C=O) groups excluding carboxylic acids is 1. The third-order valence-corrected chi connectivity index (χ3v) is 6.82. The van der Waals surface area contributed by atoms with Crippen molar-refractivity contribution < 1.29 is 13.2 Å². The van der Waals surface area contributed by atoms with E-state index in [1.165, 1.54) is 18.3 Å². The SMILES string of the molecule is CCc1nc(CS(=O)(=O)C(C)C(=O)N2CCCCC2)cs1. The number of hydrogen-bond donors (Lipinski definition) is 0. The lowest BCUT2D eigenvalue weighted by Gasteiger charge is -2.29. The fourth-order valence-corrected chi connectivity index (χ4v) is 4.55. The van der Waals surface area contributed by atoms with Gasteiger partial charge in [-0.15, -0.1) is 11.3 Å². The number of aromatic nitrogens is 1. The van der Waals surface area contributed by atoms with Crippen molar-refractivity contribution in [2.45, 2.75) is 50.5 Å². The molecule has 0 spiro atoms. The lowest BCUT2D eigenvalue weighted by Crippen LogP contribution is -2.44. The van der Waals surface area contributed by atoms with Gasteiger partial charge >= 0.3 is 0 Å². The third-order valence-electron chi connectivity index (χ3n) is 3.81. The van der Waals surface area contributed by atoms with Gasteiger partial charge in [-0.2, -0.15) is 0 Å². The number of likely N-dealkylation sites (tertiary alicyclic amines) is 1. The van der Waals surface area contributed by atoms with Gasteiger partial charge in [0.05, 0.1) is 16.5 Å². The van der Waals surface area contributed by atoms with Crippen LogP contribution in [-0.2, 0) is 26.8 Å². The summed E-state index contributed by atoms with van der Waals surface area (Å²) in [6.45, 7) is 4.84. The second-order valence-corrected chi connectivity index (χ2v) is 8.69. The fourth-order valence-electron chi connectivity index (χ4n) is 2.43. The fraction of sp³-hybridized carbons (Fsp3) is 0.714. The lowest BCUT2D eigenvalue weighted by atomic mass is 10.1. The maximum atomic E-state index is 12.4. The number of carbonyl (C=O) groups is 1. The van der Waals surface area contributed by atoms with Gasteiger partial charge in [0, 0.05) is 18.5 Å². The molecule has 0 aromatic carbocycles. The largest absolute Gasteiger partial charge is 0.342 e. The first-order valence-corrected chi connectivity index (χ1v) is 9.97. The second-order valence-electron chi connectivity index (χ2n) is 5.42. The van der Waals surface area contributed by atoms with E-state index in [1.54, 1.807) is 10.3 Å². The zero-order chi connectivity index (χ0) is 15.5. The molecular formula is C14H22N2O3S2. The molecule has 0 radical (unpaired) electrons. The summed E-state index contributed by atoms with van der Waals surface area (Å²) >= 11 is 1.47. The van der Waals surface area contributed by atoms with E-state index in [-0.39, 0.29) is 11.7 Å². The molecule has 1 fully saturated rings. The van der Waals surface area contributed by atoms with Gasteiger partial charge in [-0.05, 0) is 32.6 Å². The van der Waals surface area contributed by atoms with Crippen molar-refractivity contribution in [3.05, 3.63) is 16.1 Å². The first-order chi connectivity index (χ1) is 9.94. The van der Waals surface area contributed by atoms with Crippen LogP contribution in [0.2, 0.25) is 0 Å². The molecule has 0 N–H and O–H groups in total. The maximum absolute atomic E-state index is 12.4. The number of rotatable bonds is 5. The molecule has 1 aromatic rings. The highest BCUT2D eigenvalue weighted by Gasteiger charge is 2.32. The first kappa shape index (κ1) is 16.4. The molecule has 1 unspecified atom stereocenters. The van der Waals surface area contributed by atoms with Gasteiger partial charge < -0.3 is 4.90 Å². The summed E-state index contributed by atoms with van der Waals surface area (Å²) in [5, 5.41) is 1.71. The average Bonchev–Trinajstić information content (AvgIpc) is 2.93. The van der Waals surface area contributed by atoms with E-state index < -0.39 is 15.1 Å². The number of thiazole rings is 1. The predicted molar refractivity (Wildman–Crippen MR) is 84.0 cm³/mol. The molecule has 1 aliphatic heterocycles. The summed E-state index contributed by atoms with van der Waals surface area (Å²) in [4.78, 5) is 18.3. The van der Waals surface area contributed by atoms with E-state index >= 15 is 0 Å². The number of nitrogens with zero attached hydrogens (tertiary/aromatic N) is 2. The Labute approximate surface area is 130 Å². The standard InChI is InChI=1S/C14H22N2O3S2/c1-3-13-15-12(9-20-13)10-21(18,19)11(2)14(17)16-7-5-4-6-8-16/h9,11H,3-8,10H2,1-2H3. The van der Waals surface area contributed by atoms with Crippen LogP contribution in [0.1, 0.15) is 43.8 Å². The molecule has 1 atom stereocenters. The summed E-state index contributed by atoms with van der Waals surface area (Å²) in [7, 11) is -3.50. The molecule has 1 saturated heterocycles. The summed E-state index contributed by atoms with van der Waals surface area (Å²) in [5.41, 5.74) is 0.551. The summed E-state index contributed by atoms with van der Waals surface area (Å²) in [6, 6.07) is 0. The Morgan fingerprint density at radius 1 is 1.38 bits per heavy atom. The smallest absolute Gasteiger partial charge is 0.240 e.